The van der Waals surface area contributed by atoms with Gasteiger partial charge >= 0.3 is 6.09 Å². The summed E-state index contributed by atoms with van der Waals surface area (Å²) in [6.45, 7) is 3.65. The normalized spacial score (nSPS) is 13.5. The lowest BCUT2D eigenvalue weighted by molar-refractivity contribution is -0.122. The number of carbonyl (C=O) groups is 2. The van der Waals surface area contributed by atoms with E-state index in [0.717, 1.165) is 5.56 Å². The van der Waals surface area contributed by atoms with Crippen LogP contribution < -0.4 is 10.6 Å². The molecule has 1 aromatic rings. The molecule has 0 radical (unpaired) electrons. The molecule has 18 heavy (non-hydrogen) atoms. The predicted octanol–water partition coefficient (Wildman–Crippen LogP) is 1.61. The highest BCUT2D eigenvalue weighted by Crippen LogP contribution is 2.11. The first-order valence-electron chi connectivity index (χ1n) is 5.74. The molecule has 0 aliphatic carbocycles. The molecular formula is C13H18N2O3. The van der Waals surface area contributed by atoms with Crippen LogP contribution >= 0.6 is 0 Å². The maximum Gasteiger partial charge on any atom is 0.413 e. The summed E-state index contributed by atoms with van der Waals surface area (Å²) in [4.78, 5) is 22.5. The summed E-state index contributed by atoms with van der Waals surface area (Å²) in [6.07, 6.45) is -0.749. The molecule has 0 aliphatic heterocycles. The Labute approximate surface area is 107 Å². The topological polar surface area (TPSA) is 67.4 Å². The molecule has 0 saturated carbocycles. The number of rotatable bonds is 4. The zero-order valence-electron chi connectivity index (χ0n) is 10.8. The minimum absolute atomic E-state index is 0.0181. The number of imide groups is 1. The van der Waals surface area contributed by atoms with Crippen LogP contribution in [0.1, 0.15) is 25.5 Å². The summed E-state index contributed by atoms with van der Waals surface area (Å²) in [5, 5.41) is 5.23. The van der Waals surface area contributed by atoms with Crippen LogP contribution in [0.3, 0.4) is 0 Å². The molecule has 0 aliphatic rings. The van der Waals surface area contributed by atoms with E-state index in [1.807, 2.05) is 37.3 Å². The molecule has 2 amide bonds. The SMILES string of the molecule is COC(=O)NC(=O)[C@@H](C)N[C@H](C)c1ccccc1. The fourth-order valence-electron chi connectivity index (χ4n) is 1.55. The smallest absolute Gasteiger partial charge is 0.413 e. The Morgan fingerprint density at radius 3 is 2.33 bits per heavy atom. The van der Waals surface area contributed by atoms with Gasteiger partial charge in [0.15, 0.2) is 0 Å². The van der Waals surface area contributed by atoms with E-state index in [2.05, 4.69) is 15.4 Å². The van der Waals surface area contributed by atoms with Gasteiger partial charge in [-0.15, -0.1) is 0 Å². The molecule has 0 saturated heterocycles. The van der Waals surface area contributed by atoms with Crippen molar-refractivity contribution in [3.05, 3.63) is 35.9 Å². The lowest BCUT2D eigenvalue weighted by Crippen LogP contribution is -2.45. The summed E-state index contributed by atoms with van der Waals surface area (Å²) in [5.74, 6) is -0.412. The molecule has 5 nitrogen and oxygen atoms in total. The van der Waals surface area contributed by atoms with E-state index < -0.39 is 18.0 Å². The Morgan fingerprint density at radius 1 is 1.17 bits per heavy atom. The maximum absolute atomic E-state index is 11.6. The summed E-state index contributed by atoms with van der Waals surface area (Å²) < 4.78 is 4.36. The van der Waals surface area contributed by atoms with E-state index in [-0.39, 0.29) is 6.04 Å². The summed E-state index contributed by atoms with van der Waals surface area (Å²) in [6, 6.07) is 9.29. The van der Waals surface area contributed by atoms with Crippen LogP contribution in [-0.4, -0.2) is 25.2 Å². The third-order valence-corrected chi connectivity index (χ3v) is 2.60. The second kappa shape index (κ2) is 6.76. The number of hydrogen-bond acceptors (Lipinski definition) is 4. The maximum atomic E-state index is 11.6. The van der Waals surface area contributed by atoms with Crippen LogP contribution in [0.4, 0.5) is 4.79 Å². The van der Waals surface area contributed by atoms with Crippen molar-refractivity contribution in [3.8, 4) is 0 Å². The molecular weight excluding hydrogens is 232 g/mol. The van der Waals surface area contributed by atoms with E-state index in [1.54, 1.807) is 6.92 Å². The molecule has 5 heteroatoms. The first-order valence-corrected chi connectivity index (χ1v) is 5.74. The molecule has 0 fully saturated rings. The van der Waals surface area contributed by atoms with Gasteiger partial charge in [0.2, 0.25) is 5.91 Å². The van der Waals surface area contributed by atoms with E-state index in [1.165, 1.54) is 7.11 Å². The molecule has 2 N–H and O–H groups in total. The third kappa shape index (κ3) is 4.18. The van der Waals surface area contributed by atoms with Gasteiger partial charge in [-0.05, 0) is 19.4 Å². The average molecular weight is 250 g/mol. The van der Waals surface area contributed by atoms with E-state index in [4.69, 9.17) is 0 Å². The zero-order chi connectivity index (χ0) is 13.5. The Morgan fingerprint density at radius 2 is 1.78 bits per heavy atom. The van der Waals surface area contributed by atoms with Crippen LogP contribution in [0, 0.1) is 0 Å². The van der Waals surface area contributed by atoms with Crippen LogP contribution in [0.5, 0.6) is 0 Å². The van der Waals surface area contributed by atoms with Gasteiger partial charge in [0, 0.05) is 6.04 Å². The van der Waals surface area contributed by atoms with Crippen LogP contribution in [0.2, 0.25) is 0 Å². The Kier molecular flexibility index (Phi) is 5.32. The lowest BCUT2D eigenvalue weighted by Gasteiger charge is -2.19. The van der Waals surface area contributed by atoms with Gasteiger partial charge in [-0.2, -0.15) is 0 Å². The molecule has 0 unspecified atom stereocenters. The summed E-state index contributed by atoms with van der Waals surface area (Å²) in [7, 11) is 1.22. The third-order valence-electron chi connectivity index (χ3n) is 2.60. The molecule has 0 aromatic heterocycles. The second-order valence-electron chi connectivity index (χ2n) is 4.00. The van der Waals surface area contributed by atoms with E-state index >= 15 is 0 Å². The number of alkyl carbamates (subject to hydrolysis) is 1. The Bertz CT molecular complexity index is 406. The summed E-state index contributed by atoms with van der Waals surface area (Å²) in [5.41, 5.74) is 1.08. The van der Waals surface area contributed by atoms with Crippen molar-refractivity contribution < 1.29 is 14.3 Å². The van der Waals surface area contributed by atoms with Crippen molar-refractivity contribution in [1.29, 1.82) is 0 Å². The number of carbonyl (C=O) groups excluding carboxylic acids is 2. The average Bonchev–Trinajstić information content (AvgIpc) is 2.39. The van der Waals surface area contributed by atoms with Crippen molar-refractivity contribution >= 4 is 12.0 Å². The summed E-state index contributed by atoms with van der Waals surface area (Å²) >= 11 is 0. The number of amides is 2. The lowest BCUT2D eigenvalue weighted by atomic mass is 10.1. The fourth-order valence-corrected chi connectivity index (χ4v) is 1.55. The van der Waals surface area contributed by atoms with Gasteiger partial charge < -0.3 is 4.74 Å². The second-order valence-corrected chi connectivity index (χ2v) is 4.00. The van der Waals surface area contributed by atoms with Gasteiger partial charge in [0.1, 0.15) is 0 Å². The van der Waals surface area contributed by atoms with Crippen LogP contribution in [0.25, 0.3) is 0 Å². The molecule has 0 spiro atoms. The van der Waals surface area contributed by atoms with Crippen molar-refractivity contribution in [2.45, 2.75) is 25.9 Å². The highest BCUT2D eigenvalue weighted by Gasteiger charge is 2.18. The van der Waals surface area contributed by atoms with E-state index in [0.29, 0.717) is 0 Å². The predicted molar refractivity (Wildman–Crippen MR) is 68.0 cm³/mol. The molecule has 1 rings (SSSR count). The quantitative estimate of drug-likeness (QED) is 0.852. The number of nitrogens with one attached hydrogen (secondary N) is 2. The zero-order valence-corrected chi connectivity index (χ0v) is 10.8. The number of ether oxygens (including phenoxy) is 1. The monoisotopic (exact) mass is 250 g/mol. The van der Waals surface area contributed by atoms with Crippen molar-refractivity contribution in [2.24, 2.45) is 0 Å². The number of benzene rings is 1. The van der Waals surface area contributed by atoms with Crippen molar-refractivity contribution in [2.75, 3.05) is 7.11 Å². The number of hydrogen-bond donors (Lipinski definition) is 2. The highest BCUT2D eigenvalue weighted by molar-refractivity contribution is 5.94. The fraction of sp³-hybridized carbons (Fsp3) is 0.385. The first kappa shape index (κ1) is 14.2. The molecule has 0 bridgehead atoms. The molecule has 2 atom stereocenters. The van der Waals surface area contributed by atoms with Crippen molar-refractivity contribution in [1.82, 2.24) is 10.6 Å². The molecule has 98 valence electrons. The van der Waals surface area contributed by atoms with E-state index in [9.17, 15) is 9.59 Å². The highest BCUT2D eigenvalue weighted by atomic mass is 16.5. The Hall–Kier alpha value is -1.88. The van der Waals surface area contributed by atoms with Crippen LogP contribution in [-0.2, 0) is 9.53 Å². The van der Waals surface area contributed by atoms with Gasteiger partial charge in [0.25, 0.3) is 0 Å². The minimum Gasteiger partial charge on any atom is -0.453 e. The van der Waals surface area contributed by atoms with Crippen LogP contribution in [0.15, 0.2) is 30.3 Å². The first-order chi connectivity index (χ1) is 8.54. The molecule has 1 aromatic carbocycles. The largest absolute Gasteiger partial charge is 0.453 e. The molecule has 0 heterocycles. The Balaban J connectivity index is 2.52. The van der Waals surface area contributed by atoms with Gasteiger partial charge in [-0.3, -0.25) is 15.4 Å². The standard InChI is InChI=1S/C13H18N2O3/c1-9(11-7-5-4-6-8-11)14-10(2)12(16)15-13(17)18-3/h4-10,14H,1-3H3,(H,15,16,17)/t9-,10-/m1/s1. The van der Waals surface area contributed by atoms with Gasteiger partial charge in [-0.25, -0.2) is 4.79 Å². The number of methoxy groups -OCH3 is 1. The van der Waals surface area contributed by atoms with Crippen molar-refractivity contribution in [3.63, 3.8) is 0 Å². The van der Waals surface area contributed by atoms with Gasteiger partial charge in [0.05, 0.1) is 13.2 Å². The van der Waals surface area contributed by atoms with Gasteiger partial charge in [-0.1, -0.05) is 30.3 Å². The minimum atomic E-state index is -0.749.